The highest BCUT2D eigenvalue weighted by Crippen LogP contribution is 2.39. The third-order valence-electron chi connectivity index (χ3n) is 5.00. The first-order valence-corrected chi connectivity index (χ1v) is 10.5. The highest BCUT2D eigenvalue weighted by atomic mass is 32.1. The zero-order chi connectivity index (χ0) is 21.3. The van der Waals surface area contributed by atoms with Gasteiger partial charge in [0.05, 0.1) is 22.3 Å². The molecule has 3 aromatic heterocycles. The molecule has 4 rings (SSSR count). The van der Waals surface area contributed by atoms with Crippen LogP contribution >= 0.6 is 11.3 Å². The number of aromatic nitrogens is 3. The number of thiophene rings is 1. The van der Waals surface area contributed by atoms with E-state index in [1.807, 2.05) is 51.5 Å². The highest BCUT2D eigenvalue weighted by Gasteiger charge is 2.19. The lowest BCUT2D eigenvalue weighted by Crippen LogP contribution is -2.15. The van der Waals surface area contributed by atoms with E-state index in [2.05, 4.69) is 25.4 Å². The molecule has 3 heterocycles. The number of primary amides is 1. The van der Waals surface area contributed by atoms with Gasteiger partial charge in [0.25, 0.3) is 5.91 Å². The van der Waals surface area contributed by atoms with Gasteiger partial charge in [0.15, 0.2) is 0 Å². The number of nitrogens with one attached hydrogen (secondary N) is 2. The summed E-state index contributed by atoms with van der Waals surface area (Å²) < 4.78 is 0.951. The number of anilines is 2. The van der Waals surface area contributed by atoms with E-state index in [-0.39, 0.29) is 0 Å². The van der Waals surface area contributed by atoms with Crippen LogP contribution in [0.5, 0.6) is 0 Å². The van der Waals surface area contributed by atoms with Crippen molar-refractivity contribution in [3.05, 3.63) is 58.9 Å². The molecule has 7 nitrogen and oxygen atoms in total. The zero-order valence-electron chi connectivity index (χ0n) is 17.2. The second-order valence-corrected chi connectivity index (χ2v) is 8.58. The number of hydrogen-bond acceptors (Lipinski definition) is 6. The van der Waals surface area contributed by atoms with Crippen LogP contribution in [0.4, 0.5) is 11.4 Å². The first kappa shape index (κ1) is 20.1. The Morgan fingerprint density at radius 2 is 1.97 bits per heavy atom. The van der Waals surface area contributed by atoms with Crippen LogP contribution in [0.25, 0.3) is 21.3 Å². The van der Waals surface area contributed by atoms with Gasteiger partial charge >= 0.3 is 0 Å². The Hall–Kier alpha value is -3.23. The molecular weight excluding hydrogens is 396 g/mol. The highest BCUT2D eigenvalue weighted by molar-refractivity contribution is 7.21. The molecule has 0 spiro atoms. The third kappa shape index (κ3) is 3.92. The summed E-state index contributed by atoms with van der Waals surface area (Å²) in [5.74, 6) is -0.443. The summed E-state index contributed by atoms with van der Waals surface area (Å²) in [6, 6.07) is 8.03. The minimum atomic E-state index is -0.443. The summed E-state index contributed by atoms with van der Waals surface area (Å²) in [5.41, 5.74) is 11.6. The van der Waals surface area contributed by atoms with Gasteiger partial charge in [0, 0.05) is 30.0 Å². The van der Waals surface area contributed by atoms with Crippen molar-refractivity contribution in [3.8, 4) is 11.3 Å². The van der Waals surface area contributed by atoms with E-state index in [0.29, 0.717) is 4.88 Å². The third-order valence-corrected chi connectivity index (χ3v) is 6.14. The molecule has 4 N–H and O–H groups in total. The molecule has 154 valence electrons. The molecule has 0 radical (unpaired) electrons. The molecule has 8 heteroatoms. The Morgan fingerprint density at radius 1 is 1.20 bits per heavy atom. The number of H-pyrrole nitrogens is 1. The van der Waals surface area contributed by atoms with Crippen molar-refractivity contribution in [2.45, 2.75) is 13.3 Å². The molecule has 0 aliphatic rings. The smallest absolute Gasteiger partial charge is 0.260 e. The van der Waals surface area contributed by atoms with Crippen LogP contribution in [-0.2, 0) is 6.42 Å². The fourth-order valence-corrected chi connectivity index (χ4v) is 4.47. The summed E-state index contributed by atoms with van der Waals surface area (Å²) in [6.45, 7) is 2.91. The average molecular weight is 421 g/mol. The second kappa shape index (κ2) is 8.25. The molecule has 4 aromatic rings. The number of hydrogen-bond donors (Lipinski definition) is 3. The minimum Gasteiger partial charge on any atom is -0.365 e. The van der Waals surface area contributed by atoms with Gasteiger partial charge in [-0.05, 0) is 56.3 Å². The molecule has 0 aliphatic heterocycles. The average Bonchev–Trinajstić information content (AvgIpc) is 3.31. The molecular formula is C22H24N6OS. The van der Waals surface area contributed by atoms with Crippen LogP contribution in [0.2, 0.25) is 0 Å². The standard InChI is InChI=1S/C22H24N6OS/c1-13-10-25-27-19(13)14-4-6-16(7-5-14)26-20-18-15(8-9-28(2)3)11-24-12-17(18)30-21(20)22(23)29/h4-7,10-12,26H,8-9H2,1-3H3,(H2,23,29)(H,25,27). The predicted molar refractivity (Wildman–Crippen MR) is 122 cm³/mol. The Labute approximate surface area is 178 Å². The Kier molecular flexibility index (Phi) is 5.52. The molecule has 1 amide bonds. The van der Waals surface area contributed by atoms with Crippen molar-refractivity contribution in [2.75, 3.05) is 26.0 Å². The van der Waals surface area contributed by atoms with E-state index >= 15 is 0 Å². The molecule has 0 atom stereocenters. The number of amides is 1. The number of nitrogens with two attached hydrogens (primary N) is 1. The van der Waals surface area contributed by atoms with Crippen LogP contribution in [-0.4, -0.2) is 46.6 Å². The van der Waals surface area contributed by atoms with Gasteiger partial charge in [-0.25, -0.2) is 0 Å². The topological polar surface area (TPSA) is 99.9 Å². The van der Waals surface area contributed by atoms with Gasteiger partial charge in [-0.2, -0.15) is 5.10 Å². The molecule has 0 saturated carbocycles. The lowest BCUT2D eigenvalue weighted by atomic mass is 10.1. The SMILES string of the molecule is Cc1cn[nH]c1-c1ccc(Nc2c(C(N)=O)sc3cncc(CCN(C)C)c23)cc1. The molecule has 0 bridgehead atoms. The molecule has 0 saturated heterocycles. The van der Waals surface area contributed by atoms with Gasteiger partial charge in [0.2, 0.25) is 0 Å². The Bertz CT molecular complexity index is 1190. The molecule has 1 aromatic carbocycles. The van der Waals surface area contributed by atoms with Gasteiger partial charge in [-0.3, -0.25) is 14.9 Å². The first-order valence-electron chi connectivity index (χ1n) is 9.65. The van der Waals surface area contributed by atoms with Crippen molar-refractivity contribution in [1.82, 2.24) is 20.1 Å². The maximum absolute atomic E-state index is 12.2. The van der Waals surface area contributed by atoms with Crippen molar-refractivity contribution < 1.29 is 4.79 Å². The minimum absolute atomic E-state index is 0.443. The van der Waals surface area contributed by atoms with E-state index in [1.165, 1.54) is 11.3 Å². The van der Waals surface area contributed by atoms with Crippen LogP contribution < -0.4 is 11.1 Å². The Balaban J connectivity index is 1.73. The normalized spacial score (nSPS) is 11.3. The molecule has 0 aliphatic carbocycles. The summed E-state index contributed by atoms with van der Waals surface area (Å²) in [6.07, 6.45) is 6.31. The molecule has 0 unspecified atom stereocenters. The maximum Gasteiger partial charge on any atom is 0.260 e. The van der Waals surface area contributed by atoms with Crippen molar-refractivity contribution >= 4 is 38.7 Å². The summed E-state index contributed by atoms with van der Waals surface area (Å²) in [4.78, 5) is 19.2. The number of carbonyl (C=O) groups excluding carboxylic acids is 1. The van der Waals surface area contributed by atoms with E-state index < -0.39 is 5.91 Å². The van der Waals surface area contributed by atoms with Crippen LogP contribution in [0, 0.1) is 6.92 Å². The number of carbonyl (C=O) groups is 1. The summed E-state index contributed by atoms with van der Waals surface area (Å²) in [5, 5.41) is 11.6. The van der Waals surface area contributed by atoms with Gasteiger partial charge < -0.3 is 16.0 Å². The number of aromatic amines is 1. The molecule has 0 fully saturated rings. The largest absolute Gasteiger partial charge is 0.365 e. The van der Waals surface area contributed by atoms with Gasteiger partial charge in [-0.15, -0.1) is 11.3 Å². The van der Waals surface area contributed by atoms with Crippen LogP contribution in [0.15, 0.2) is 42.9 Å². The first-order chi connectivity index (χ1) is 14.4. The fraction of sp³-hybridized carbons (Fsp3) is 0.227. The van der Waals surface area contributed by atoms with Gasteiger partial charge in [-0.1, -0.05) is 12.1 Å². The second-order valence-electron chi connectivity index (χ2n) is 7.53. The van der Waals surface area contributed by atoms with Crippen molar-refractivity contribution in [1.29, 1.82) is 0 Å². The summed E-state index contributed by atoms with van der Waals surface area (Å²) >= 11 is 1.38. The fourth-order valence-electron chi connectivity index (χ4n) is 3.45. The Morgan fingerprint density at radius 3 is 2.60 bits per heavy atom. The predicted octanol–water partition coefficient (Wildman–Crippen LogP) is 3.94. The number of rotatable bonds is 7. The lowest BCUT2D eigenvalue weighted by Gasteiger charge is -2.12. The number of benzene rings is 1. The van der Waals surface area contributed by atoms with E-state index in [1.54, 1.807) is 12.4 Å². The number of fused-ring (bicyclic) bond motifs is 1. The van der Waals surface area contributed by atoms with E-state index in [9.17, 15) is 4.79 Å². The maximum atomic E-state index is 12.2. The number of pyridine rings is 1. The monoisotopic (exact) mass is 420 g/mol. The quantitative estimate of drug-likeness (QED) is 0.420. The van der Waals surface area contributed by atoms with E-state index in [0.717, 1.165) is 56.8 Å². The number of nitrogens with zero attached hydrogens (tertiary/aromatic N) is 3. The summed E-state index contributed by atoms with van der Waals surface area (Å²) in [7, 11) is 4.08. The van der Waals surface area contributed by atoms with Gasteiger partial charge in [0.1, 0.15) is 4.88 Å². The lowest BCUT2D eigenvalue weighted by molar-refractivity contribution is 0.100. The zero-order valence-corrected chi connectivity index (χ0v) is 18.0. The van der Waals surface area contributed by atoms with Crippen LogP contribution in [0.3, 0.4) is 0 Å². The number of likely N-dealkylation sites (N-methyl/N-ethyl adjacent to an activating group) is 1. The van der Waals surface area contributed by atoms with Crippen molar-refractivity contribution in [3.63, 3.8) is 0 Å². The van der Waals surface area contributed by atoms with Crippen LogP contribution in [0.1, 0.15) is 20.8 Å². The number of aryl methyl sites for hydroxylation is 1. The molecule has 30 heavy (non-hydrogen) atoms. The van der Waals surface area contributed by atoms with E-state index in [4.69, 9.17) is 5.73 Å². The van der Waals surface area contributed by atoms with Crippen molar-refractivity contribution in [2.24, 2.45) is 5.73 Å².